The number of nitrogens with zero attached hydrogens (tertiary/aromatic N) is 2. The second kappa shape index (κ2) is 6.02. The number of ether oxygens (including phenoxy) is 1. The van der Waals surface area contributed by atoms with E-state index in [0.29, 0.717) is 32.4 Å². The van der Waals surface area contributed by atoms with E-state index < -0.39 is 26.5 Å². The number of rotatable bonds is 4. The Labute approximate surface area is 120 Å². The van der Waals surface area contributed by atoms with Crippen LogP contribution in [-0.2, 0) is 14.8 Å². The number of nitrogens with one attached hydrogen (secondary N) is 1. The smallest absolute Gasteiger partial charge is 0.306 e. The van der Waals surface area contributed by atoms with E-state index in [9.17, 15) is 22.9 Å². The van der Waals surface area contributed by atoms with Crippen LogP contribution in [-0.4, -0.2) is 44.7 Å². The summed E-state index contributed by atoms with van der Waals surface area (Å²) < 4.78 is 43.1. The van der Waals surface area contributed by atoms with E-state index in [1.807, 2.05) is 0 Å². The lowest BCUT2D eigenvalue weighted by molar-refractivity contribution is -0.387. The number of hydrogen-bond donors (Lipinski definition) is 1. The van der Waals surface area contributed by atoms with Gasteiger partial charge in [0.25, 0.3) is 10.0 Å². The molecule has 0 radical (unpaired) electrons. The third-order valence-corrected chi connectivity index (χ3v) is 4.33. The Balaban J connectivity index is 2.33. The zero-order valence-corrected chi connectivity index (χ0v) is 12.0. The van der Waals surface area contributed by atoms with E-state index >= 15 is 0 Å². The van der Waals surface area contributed by atoms with Gasteiger partial charge in [-0.15, -0.1) is 4.83 Å². The summed E-state index contributed by atoms with van der Waals surface area (Å²) in [6, 6.07) is 1.77. The van der Waals surface area contributed by atoms with E-state index in [0.717, 1.165) is 6.07 Å². The van der Waals surface area contributed by atoms with Gasteiger partial charge in [-0.25, -0.2) is 13.4 Å². The van der Waals surface area contributed by atoms with Crippen molar-refractivity contribution in [3.63, 3.8) is 0 Å². The molecule has 0 spiro atoms. The summed E-state index contributed by atoms with van der Waals surface area (Å²) in [5, 5.41) is 12.2. The van der Waals surface area contributed by atoms with Gasteiger partial charge < -0.3 is 4.74 Å². The fourth-order valence-electron chi connectivity index (χ4n) is 1.88. The molecule has 1 N–H and O–H groups in total. The number of hydrazine groups is 1. The van der Waals surface area contributed by atoms with Gasteiger partial charge in [0.05, 0.1) is 23.0 Å². The largest absolute Gasteiger partial charge is 0.379 e. The third kappa shape index (κ3) is 3.53. The van der Waals surface area contributed by atoms with Crippen LogP contribution in [0.15, 0.2) is 17.0 Å². The highest BCUT2D eigenvalue weighted by Gasteiger charge is 2.26. The minimum atomic E-state index is -4.01. The van der Waals surface area contributed by atoms with Gasteiger partial charge in [-0.3, -0.25) is 10.1 Å². The molecule has 1 aromatic rings. The van der Waals surface area contributed by atoms with E-state index in [1.54, 1.807) is 0 Å². The van der Waals surface area contributed by atoms with Gasteiger partial charge in [0.1, 0.15) is 0 Å². The van der Waals surface area contributed by atoms with Crippen molar-refractivity contribution in [2.45, 2.75) is 11.8 Å². The molecule has 0 bridgehead atoms. The molecule has 0 unspecified atom stereocenters. The molecular formula is C11H14FN3O5S. The molecule has 2 rings (SSSR count). The van der Waals surface area contributed by atoms with Gasteiger partial charge in [0.15, 0.2) is 0 Å². The predicted octanol–water partition coefficient (Wildman–Crippen LogP) is 0.568. The van der Waals surface area contributed by atoms with Crippen molar-refractivity contribution < 1.29 is 22.5 Å². The van der Waals surface area contributed by atoms with E-state index in [-0.39, 0.29) is 10.5 Å². The van der Waals surface area contributed by atoms with Crippen LogP contribution in [0.4, 0.5) is 10.1 Å². The van der Waals surface area contributed by atoms with Crippen LogP contribution in [0.25, 0.3) is 0 Å². The first kappa shape index (κ1) is 15.8. The molecule has 0 aromatic heterocycles. The van der Waals surface area contributed by atoms with Crippen LogP contribution in [0.1, 0.15) is 5.56 Å². The second-order valence-corrected chi connectivity index (χ2v) is 6.19. The highest BCUT2D eigenvalue weighted by atomic mass is 32.2. The number of morpholine rings is 1. The highest BCUT2D eigenvalue weighted by molar-refractivity contribution is 7.89. The Bertz CT molecular complexity index is 658. The number of sulfonamides is 1. The number of hydrogen-bond acceptors (Lipinski definition) is 6. The quantitative estimate of drug-likeness (QED) is 0.643. The van der Waals surface area contributed by atoms with Crippen LogP contribution < -0.4 is 4.83 Å². The maximum Gasteiger partial charge on any atom is 0.306 e. The minimum Gasteiger partial charge on any atom is -0.379 e. The molecule has 1 aliphatic heterocycles. The van der Waals surface area contributed by atoms with E-state index in [4.69, 9.17) is 4.74 Å². The Morgan fingerprint density at radius 1 is 1.38 bits per heavy atom. The molecular weight excluding hydrogens is 305 g/mol. The van der Waals surface area contributed by atoms with Crippen LogP contribution in [0, 0.1) is 22.9 Å². The Hall–Kier alpha value is -1.62. The van der Waals surface area contributed by atoms with Crippen molar-refractivity contribution in [1.29, 1.82) is 0 Å². The van der Waals surface area contributed by atoms with Crippen molar-refractivity contribution in [2.24, 2.45) is 0 Å². The molecule has 0 amide bonds. The highest BCUT2D eigenvalue weighted by Crippen LogP contribution is 2.25. The monoisotopic (exact) mass is 319 g/mol. The Morgan fingerprint density at radius 2 is 2.00 bits per heavy atom. The standard InChI is InChI=1S/C11H14FN3O5S/c1-8-6-9(7-10(11(8)12)15(16)17)21(18,19)13-14-2-4-20-5-3-14/h6-7,13H,2-5H2,1H3. The fraction of sp³-hybridized carbons (Fsp3) is 0.455. The molecule has 0 aliphatic carbocycles. The first-order chi connectivity index (χ1) is 9.81. The number of benzene rings is 1. The van der Waals surface area contributed by atoms with Crippen molar-refractivity contribution in [1.82, 2.24) is 9.84 Å². The molecule has 116 valence electrons. The Morgan fingerprint density at radius 3 is 2.57 bits per heavy atom. The van der Waals surface area contributed by atoms with Crippen molar-refractivity contribution in [3.05, 3.63) is 33.6 Å². The zero-order valence-electron chi connectivity index (χ0n) is 11.2. The predicted molar refractivity (Wildman–Crippen MR) is 70.5 cm³/mol. The van der Waals surface area contributed by atoms with Gasteiger partial charge >= 0.3 is 5.69 Å². The third-order valence-electron chi connectivity index (χ3n) is 2.98. The van der Waals surface area contributed by atoms with Gasteiger partial charge in [0, 0.05) is 19.2 Å². The summed E-state index contributed by atoms with van der Waals surface area (Å²) in [5.74, 6) is -1.04. The second-order valence-electron chi connectivity index (χ2n) is 4.52. The Kier molecular flexibility index (Phi) is 4.52. The van der Waals surface area contributed by atoms with Crippen molar-refractivity contribution >= 4 is 15.7 Å². The molecule has 0 saturated carbocycles. The summed E-state index contributed by atoms with van der Waals surface area (Å²) >= 11 is 0. The maximum atomic E-state index is 13.6. The van der Waals surface area contributed by atoms with Crippen molar-refractivity contribution in [3.8, 4) is 0 Å². The number of halogens is 1. The van der Waals surface area contributed by atoms with E-state index in [1.165, 1.54) is 11.9 Å². The first-order valence-corrected chi connectivity index (χ1v) is 7.59. The first-order valence-electron chi connectivity index (χ1n) is 6.11. The lowest BCUT2D eigenvalue weighted by Crippen LogP contribution is -2.48. The van der Waals surface area contributed by atoms with Crippen molar-refractivity contribution in [2.75, 3.05) is 26.3 Å². The van der Waals surface area contributed by atoms with Gasteiger partial charge in [0.2, 0.25) is 5.82 Å². The average molecular weight is 319 g/mol. The summed E-state index contributed by atoms with van der Waals surface area (Å²) in [4.78, 5) is 11.8. The average Bonchev–Trinajstić information content (AvgIpc) is 2.41. The van der Waals surface area contributed by atoms with Crippen LogP contribution >= 0.6 is 0 Å². The number of nitro groups is 1. The number of nitro benzene ring substituents is 1. The fourth-order valence-corrected chi connectivity index (χ4v) is 3.11. The summed E-state index contributed by atoms with van der Waals surface area (Å²) in [5.41, 5.74) is -0.969. The summed E-state index contributed by atoms with van der Waals surface area (Å²) in [6.45, 7) is 2.76. The molecule has 0 atom stereocenters. The van der Waals surface area contributed by atoms with Crippen LogP contribution in [0.5, 0.6) is 0 Å². The lowest BCUT2D eigenvalue weighted by atomic mass is 10.2. The molecule has 1 aliphatic rings. The minimum absolute atomic E-state index is 0.105. The van der Waals surface area contributed by atoms with Gasteiger partial charge in [-0.05, 0) is 18.6 Å². The normalized spacial score (nSPS) is 16.9. The SMILES string of the molecule is Cc1cc(S(=O)(=O)NN2CCOCC2)cc([N+](=O)[O-])c1F. The topological polar surface area (TPSA) is 102 Å². The van der Waals surface area contributed by atoms with E-state index in [2.05, 4.69) is 4.83 Å². The molecule has 10 heteroatoms. The molecule has 8 nitrogen and oxygen atoms in total. The number of aryl methyl sites for hydroxylation is 1. The van der Waals surface area contributed by atoms with Gasteiger partial charge in [-0.2, -0.15) is 4.39 Å². The molecule has 1 fully saturated rings. The maximum absolute atomic E-state index is 13.6. The van der Waals surface area contributed by atoms with Crippen LogP contribution in [0.2, 0.25) is 0 Å². The summed E-state index contributed by atoms with van der Waals surface area (Å²) in [7, 11) is -4.01. The molecule has 21 heavy (non-hydrogen) atoms. The molecule has 1 saturated heterocycles. The van der Waals surface area contributed by atoms with Gasteiger partial charge in [-0.1, -0.05) is 0 Å². The lowest BCUT2D eigenvalue weighted by Gasteiger charge is -2.26. The summed E-state index contributed by atoms with van der Waals surface area (Å²) in [6.07, 6.45) is 0. The molecule has 1 aromatic carbocycles. The molecule has 1 heterocycles. The zero-order chi connectivity index (χ0) is 15.6. The van der Waals surface area contributed by atoms with Crippen LogP contribution in [0.3, 0.4) is 0 Å².